The first kappa shape index (κ1) is 21.0. The third kappa shape index (κ3) is 5.62. The predicted molar refractivity (Wildman–Crippen MR) is 105 cm³/mol. The van der Waals surface area contributed by atoms with E-state index in [0.29, 0.717) is 21.2 Å². The number of halogens is 2. The van der Waals surface area contributed by atoms with E-state index in [-0.39, 0.29) is 13.0 Å². The van der Waals surface area contributed by atoms with Crippen molar-refractivity contribution >= 4 is 35.1 Å². The molecule has 0 unspecified atom stereocenters. The summed E-state index contributed by atoms with van der Waals surface area (Å²) < 4.78 is 16.3. The van der Waals surface area contributed by atoms with Crippen molar-refractivity contribution in [1.29, 1.82) is 0 Å². The fourth-order valence-corrected chi connectivity index (χ4v) is 2.97. The molecule has 0 bridgehead atoms. The minimum absolute atomic E-state index is 0.145. The number of hydrogen-bond acceptors (Lipinski definition) is 6. The zero-order valence-corrected chi connectivity index (χ0v) is 16.4. The molecule has 150 valence electrons. The van der Waals surface area contributed by atoms with Gasteiger partial charge in [-0.1, -0.05) is 28.3 Å². The van der Waals surface area contributed by atoms with Crippen LogP contribution in [0.2, 0.25) is 10.0 Å². The van der Waals surface area contributed by atoms with Crippen LogP contribution in [0.3, 0.4) is 0 Å². The van der Waals surface area contributed by atoms with Crippen molar-refractivity contribution in [3.8, 4) is 0 Å². The van der Waals surface area contributed by atoms with E-state index in [2.05, 4.69) is 10.0 Å². The molecule has 29 heavy (non-hydrogen) atoms. The Morgan fingerprint density at radius 3 is 2.14 bits per heavy atom. The van der Waals surface area contributed by atoms with E-state index in [1.165, 1.54) is 24.3 Å². The summed E-state index contributed by atoms with van der Waals surface area (Å²) in [5, 5.41) is 4.48. The molecule has 1 saturated heterocycles. The molecule has 0 spiro atoms. The zero-order valence-electron chi connectivity index (χ0n) is 14.9. The van der Waals surface area contributed by atoms with Crippen LogP contribution in [-0.4, -0.2) is 37.0 Å². The molecule has 2 aromatic rings. The highest BCUT2D eigenvalue weighted by Crippen LogP contribution is 2.26. The number of nitrogens with zero attached hydrogens (tertiary/aromatic N) is 3. The number of carbonyl (C=O) groups excluding carboxylic acids is 2. The molecule has 3 atom stereocenters. The van der Waals surface area contributed by atoms with Crippen molar-refractivity contribution in [2.24, 2.45) is 5.11 Å². The standard InChI is InChI=1S/C19H15Cl2N3O5/c20-13-5-1-11(2-6-13)18(25)27-10-16-15(9-17(28-16)23-24-22)29-19(26)12-3-7-14(21)8-4-12/h1-8,15-17H,9-10H2/t15-,16-,17+/m1/s1. The smallest absolute Gasteiger partial charge is 0.338 e. The third-order valence-corrected chi connectivity index (χ3v) is 4.66. The molecule has 0 aromatic heterocycles. The van der Waals surface area contributed by atoms with Crippen LogP contribution < -0.4 is 0 Å². The lowest BCUT2D eigenvalue weighted by molar-refractivity contribution is -0.0410. The fourth-order valence-electron chi connectivity index (χ4n) is 2.72. The lowest BCUT2D eigenvalue weighted by atomic mass is 10.1. The highest BCUT2D eigenvalue weighted by atomic mass is 35.5. The maximum atomic E-state index is 12.4. The molecule has 0 saturated carbocycles. The van der Waals surface area contributed by atoms with Gasteiger partial charge in [0.15, 0.2) is 0 Å². The largest absolute Gasteiger partial charge is 0.459 e. The van der Waals surface area contributed by atoms with Gasteiger partial charge in [0.25, 0.3) is 0 Å². The third-order valence-electron chi connectivity index (χ3n) is 4.16. The van der Waals surface area contributed by atoms with Gasteiger partial charge in [0, 0.05) is 21.4 Å². The maximum absolute atomic E-state index is 12.4. The summed E-state index contributed by atoms with van der Waals surface area (Å²) >= 11 is 11.6. The van der Waals surface area contributed by atoms with Crippen LogP contribution in [0.5, 0.6) is 0 Å². The summed E-state index contributed by atoms with van der Waals surface area (Å²) in [5.74, 6) is -1.17. The zero-order chi connectivity index (χ0) is 20.8. The summed E-state index contributed by atoms with van der Waals surface area (Å²) in [6, 6.07) is 12.4. The van der Waals surface area contributed by atoms with E-state index in [4.69, 9.17) is 42.9 Å². The molecule has 0 amide bonds. The van der Waals surface area contributed by atoms with Crippen molar-refractivity contribution in [3.05, 3.63) is 80.1 Å². The quantitative estimate of drug-likeness (QED) is 0.280. The van der Waals surface area contributed by atoms with Crippen molar-refractivity contribution < 1.29 is 23.8 Å². The molecular formula is C19H15Cl2N3O5. The van der Waals surface area contributed by atoms with Crippen molar-refractivity contribution in [1.82, 2.24) is 0 Å². The summed E-state index contributed by atoms with van der Waals surface area (Å²) in [7, 11) is 0. The Hall–Kier alpha value is -2.77. The Labute approximate surface area is 175 Å². The van der Waals surface area contributed by atoms with Gasteiger partial charge >= 0.3 is 11.9 Å². The van der Waals surface area contributed by atoms with Gasteiger partial charge in [-0.05, 0) is 54.1 Å². The minimum atomic E-state index is -0.831. The Balaban J connectivity index is 1.64. The summed E-state index contributed by atoms with van der Waals surface area (Å²) in [6.07, 6.45) is -2.22. The van der Waals surface area contributed by atoms with E-state index < -0.39 is 30.4 Å². The minimum Gasteiger partial charge on any atom is -0.459 e. The van der Waals surface area contributed by atoms with Crippen molar-refractivity contribution in [2.45, 2.75) is 24.9 Å². The van der Waals surface area contributed by atoms with Gasteiger partial charge in [0.05, 0.1) is 11.1 Å². The first-order valence-corrected chi connectivity index (χ1v) is 9.31. The number of esters is 2. The molecule has 3 rings (SSSR count). The number of benzene rings is 2. The van der Waals surface area contributed by atoms with Gasteiger partial charge in [0.1, 0.15) is 25.0 Å². The monoisotopic (exact) mass is 435 g/mol. The van der Waals surface area contributed by atoms with E-state index in [1.54, 1.807) is 24.3 Å². The van der Waals surface area contributed by atoms with Crippen LogP contribution in [0, 0.1) is 0 Å². The molecule has 0 aliphatic carbocycles. The average molecular weight is 436 g/mol. The van der Waals surface area contributed by atoms with Crippen LogP contribution in [-0.2, 0) is 14.2 Å². The average Bonchev–Trinajstić information content (AvgIpc) is 3.08. The normalized spacial score (nSPS) is 20.6. The summed E-state index contributed by atoms with van der Waals surface area (Å²) in [4.78, 5) is 27.3. The van der Waals surface area contributed by atoms with E-state index in [1.807, 2.05) is 0 Å². The lowest BCUT2D eigenvalue weighted by Gasteiger charge is -2.19. The van der Waals surface area contributed by atoms with Crippen LogP contribution in [0.4, 0.5) is 0 Å². The molecule has 1 aliphatic heterocycles. The van der Waals surface area contributed by atoms with Crippen LogP contribution in [0.25, 0.3) is 10.4 Å². The molecule has 1 heterocycles. The molecule has 2 aromatic carbocycles. The number of hydrogen-bond donors (Lipinski definition) is 0. The molecular weight excluding hydrogens is 421 g/mol. The fraction of sp³-hybridized carbons (Fsp3) is 0.263. The number of azide groups is 1. The SMILES string of the molecule is [N-]=[N+]=N[C@@H]1C[C@@H](OC(=O)c2ccc(Cl)cc2)[C@@H](COC(=O)c2ccc(Cl)cc2)O1. The molecule has 8 nitrogen and oxygen atoms in total. The number of rotatable bonds is 6. The maximum Gasteiger partial charge on any atom is 0.338 e. The van der Waals surface area contributed by atoms with Gasteiger partial charge in [-0.2, -0.15) is 0 Å². The second kappa shape index (κ2) is 9.62. The van der Waals surface area contributed by atoms with Crippen LogP contribution in [0.1, 0.15) is 27.1 Å². The first-order chi connectivity index (χ1) is 14.0. The highest BCUT2D eigenvalue weighted by molar-refractivity contribution is 6.30. The van der Waals surface area contributed by atoms with E-state index >= 15 is 0 Å². The Morgan fingerprint density at radius 1 is 1.03 bits per heavy atom. The van der Waals surface area contributed by atoms with Crippen molar-refractivity contribution in [2.75, 3.05) is 6.61 Å². The molecule has 0 radical (unpaired) electrons. The van der Waals surface area contributed by atoms with Gasteiger partial charge < -0.3 is 14.2 Å². The lowest BCUT2D eigenvalue weighted by Crippen LogP contribution is -2.32. The molecule has 10 heteroatoms. The van der Waals surface area contributed by atoms with Crippen molar-refractivity contribution in [3.63, 3.8) is 0 Å². The molecule has 0 N–H and O–H groups in total. The predicted octanol–water partition coefficient (Wildman–Crippen LogP) is 4.80. The van der Waals surface area contributed by atoms with Gasteiger partial charge in [-0.15, -0.1) is 0 Å². The second-order valence-corrected chi connectivity index (χ2v) is 7.00. The van der Waals surface area contributed by atoms with Crippen LogP contribution >= 0.6 is 23.2 Å². The Bertz CT molecular complexity index is 930. The summed E-state index contributed by atoms with van der Waals surface area (Å²) in [5.41, 5.74) is 9.25. The van der Waals surface area contributed by atoms with Gasteiger partial charge in [-0.3, -0.25) is 0 Å². The first-order valence-electron chi connectivity index (χ1n) is 8.55. The van der Waals surface area contributed by atoms with E-state index in [0.717, 1.165) is 0 Å². The van der Waals surface area contributed by atoms with Crippen LogP contribution in [0.15, 0.2) is 53.6 Å². The molecule has 1 fully saturated rings. The summed E-state index contributed by atoms with van der Waals surface area (Å²) in [6.45, 7) is -0.183. The van der Waals surface area contributed by atoms with E-state index in [9.17, 15) is 9.59 Å². The van der Waals surface area contributed by atoms with Gasteiger partial charge in [-0.25, -0.2) is 9.59 Å². The highest BCUT2D eigenvalue weighted by Gasteiger charge is 2.38. The molecule has 1 aliphatic rings. The Morgan fingerprint density at radius 2 is 1.59 bits per heavy atom. The Kier molecular flexibility index (Phi) is 6.95. The number of carbonyl (C=O) groups is 2. The van der Waals surface area contributed by atoms with Gasteiger partial charge in [0.2, 0.25) is 0 Å². The second-order valence-electron chi connectivity index (χ2n) is 6.13. The number of ether oxygens (including phenoxy) is 3. The topological polar surface area (TPSA) is 111 Å².